The first-order valence-electron chi connectivity index (χ1n) is 8.83. The smallest absolute Gasteiger partial charge is 0.338 e. The van der Waals surface area contributed by atoms with Gasteiger partial charge in [-0.1, -0.05) is 6.42 Å². The van der Waals surface area contributed by atoms with Gasteiger partial charge in [0.2, 0.25) is 0 Å². The molecule has 0 amide bonds. The lowest BCUT2D eigenvalue weighted by Gasteiger charge is -2.44. The first kappa shape index (κ1) is 19.1. The van der Waals surface area contributed by atoms with Crippen molar-refractivity contribution in [2.24, 2.45) is 5.92 Å². The van der Waals surface area contributed by atoms with Gasteiger partial charge in [-0.15, -0.1) is 12.4 Å². The van der Waals surface area contributed by atoms with E-state index in [1.807, 2.05) is 0 Å². The van der Waals surface area contributed by atoms with E-state index < -0.39 is 0 Å². The quantitative estimate of drug-likeness (QED) is 0.752. The number of benzene rings is 1. The standard InChI is InChI=1S/C19H27NO3.ClH/c1-22-17-9-7-16(8-10-17)19(21)23-14-11-15-5-4-13-20-12-3-2-6-18(15)20;/h7-10,15,18H,2-6,11-14H2,1H3;1H/t15-,18?;/m1./s1. The van der Waals surface area contributed by atoms with Crippen LogP contribution in [0.15, 0.2) is 24.3 Å². The first-order chi connectivity index (χ1) is 11.3. The molecule has 0 saturated carbocycles. The summed E-state index contributed by atoms with van der Waals surface area (Å²) in [6, 6.07) is 7.81. The van der Waals surface area contributed by atoms with E-state index >= 15 is 0 Å². The van der Waals surface area contributed by atoms with Crippen molar-refractivity contribution in [2.75, 3.05) is 26.8 Å². The Balaban J connectivity index is 0.00000208. The van der Waals surface area contributed by atoms with Crippen molar-refractivity contribution < 1.29 is 14.3 Å². The van der Waals surface area contributed by atoms with Crippen molar-refractivity contribution in [3.63, 3.8) is 0 Å². The fourth-order valence-electron chi connectivity index (χ4n) is 4.03. The highest BCUT2D eigenvalue weighted by molar-refractivity contribution is 5.89. The second kappa shape index (κ2) is 9.28. The number of piperidine rings is 2. The second-order valence-corrected chi connectivity index (χ2v) is 6.65. The van der Waals surface area contributed by atoms with E-state index in [-0.39, 0.29) is 18.4 Å². The summed E-state index contributed by atoms with van der Waals surface area (Å²) in [7, 11) is 1.62. The predicted octanol–water partition coefficient (Wildman–Crippen LogP) is 3.93. The molecule has 0 radical (unpaired) electrons. The SMILES string of the molecule is COc1ccc(C(=O)OCC[C@H]2CCCN3CCCCC23)cc1.Cl. The minimum atomic E-state index is -0.232. The van der Waals surface area contributed by atoms with Crippen LogP contribution in [-0.2, 0) is 4.74 Å². The summed E-state index contributed by atoms with van der Waals surface area (Å²) in [5.74, 6) is 1.21. The van der Waals surface area contributed by atoms with Gasteiger partial charge in [0.15, 0.2) is 0 Å². The average Bonchev–Trinajstić information content (AvgIpc) is 2.62. The fourth-order valence-corrected chi connectivity index (χ4v) is 4.03. The maximum absolute atomic E-state index is 12.1. The molecule has 5 heteroatoms. The minimum Gasteiger partial charge on any atom is -0.497 e. The number of fused-ring (bicyclic) bond motifs is 1. The van der Waals surface area contributed by atoms with Crippen LogP contribution in [0.5, 0.6) is 5.75 Å². The number of rotatable bonds is 5. The van der Waals surface area contributed by atoms with Crippen LogP contribution >= 0.6 is 12.4 Å². The molecular formula is C19H28ClNO3. The zero-order valence-electron chi connectivity index (χ0n) is 14.4. The van der Waals surface area contributed by atoms with Gasteiger partial charge in [-0.3, -0.25) is 0 Å². The number of methoxy groups -OCH3 is 1. The third-order valence-corrected chi connectivity index (χ3v) is 5.28. The van der Waals surface area contributed by atoms with Gasteiger partial charge in [-0.2, -0.15) is 0 Å². The summed E-state index contributed by atoms with van der Waals surface area (Å²) in [6.45, 7) is 3.04. The predicted molar refractivity (Wildman–Crippen MR) is 97.1 cm³/mol. The van der Waals surface area contributed by atoms with Gasteiger partial charge < -0.3 is 14.4 Å². The van der Waals surface area contributed by atoms with E-state index in [0.717, 1.165) is 18.2 Å². The molecule has 0 bridgehead atoms. The van der Waals surface area contributed by atoms with Crippen molar-refractivity contribution in [2.45, 2.75) is 44.6 Å². The minimum absolute atomic E-state index is 0. The molecule has 4 nitrogen and oxygen atoms in total. The fraction of sp³-hybridized carbons (Fsp3) is 0.632. The van der Waals surface area contributed by atoms with Crippen LogP contribution in [0.2, 0.25) is 0 Å². The zero-order valence-corrected chi connectivity index (χ0v) is 15.2. The van der Waals surface area contributed by atoms with Crippen molar-refractivity contribution in [3.05, 3.63) is 29.8 Å². The highest BCUT2D eigenvalue weighted by Gasteiger charge is 2.32. The molecule has 2 heterocycles. The summed E-state index contributed by atoms with van der Waals surface area (Å²) < 4.78 is 10.6. The van der Waals surface area contributed by atoms with Gasteiger partial charge in [-0.05, 0) is 75.4 Å². The van der Waals surface area contributed by atoms with E-state index in [0.29, 0.717) is 18.1 Å². The molecule has 2 fully saturated rings. The lowest BCUT2D eigenvalue weighted by atomic mass is 9.82. The van der Waals surface area contributed by atoms with Gasteiger partial charge in [0.25, 0.3) is 0 Å². The van der Waals surface area contributed by atoms with Crippen molar-refractivity contribution in [1.82, 2.24) is 4.90 Å². The van der Waals surface area contributed by atoms with Crippen LogP contribution in [0.25, 0.3) is 0 Å². The Labute approximate surface area is 150 Å². The number of hydrogen-bond donors (Lipinski definition) is 0. The van der Waals surface area contributed by atoms with E-state index in [4.69, 9.17) is 9.47 Å². The third kappa shape index (κ3) is 4.64. The van der Waals surface area contributed by atoms with Crippen LogP contribution in [-0.4, -0.2) is 43.7 Å². The largest absolute Gasteiger partial charge is 0.497 e. The first-order valence-corrected chi connectivity index (χ1v) is 8.83. The van der Waals surface area contributed by atoms with Crippen LogP contribution in [0.1, 0.15) is 48.9 Å². The molecule has 24 heavy (non-hydrogen) atoms. The molecule has 1 unspecified atom stereocenters. The van der Waals surface area contributed by atoms with E-state index in [9.17, 15) is 4.79 Å². The number of carbonyl (C=O) groups excluding carboxylic acids is 1. The lowest BCUT2D eigenvalue weighted by Crippen LogP contribution is -2.48. The summed E-state index contributed by atoms with van der Waals surface area (Å²) in [4.78, 5) is 14.8. The molecule has 0 spiro atoms. The molecule has 0 aliphatic carbocycles. The van der Waals surface area contributed by atoms with Crippen molar-refractivity contribution >= 4 is 18.4 Å². The molecule has 0 N–H and O–H groups in total. The number of hydrogen-bond acceptors (Lipinski definition) is 4. The van der Waals surface area contributed by atoms with Crippen LogP contribution in [0, 0.1) is 5.92 Å². The van der Waals surface area contributed by atoms with Gasteiger partial charge in [0, 0.05) is 6.04 Å². The lowest BCUT2D eigenvalue weighted by molar-refractivity contribution is 0.0296. The van der Waals surface area contributed by atoms with Gasteiger partial charge in [0.1, 0.15) is 5.75 Å². The molecule has 1 aromatic carbocycles. The Morgan fingerprint density at radius 3 is 2.62 bits per heavy atom. The van der Waals surface area contributed by atoms with Crippen LogP contribution < -0.4 is 4.74 Å². The van der Waals surface area contributed by atoms with E-state index in [1.165, 1.54) is 45.2 Å². The number of halogens is 1. The number of nitrogens with zero attached hydrogens (tertiary/aromatic N) is 1. The normalized spacial score (nSPS) is 23.7. The van der Waals surface area contributed by atoms with Crippen LogP contribution in [0.3, 0.4) is 0 Å². The molecule has 1 aromatic rings. The van der Waals surface area contributed by atoms with Crippen LogP contribution in [0.4, 0.5) is 0 Å². The zero-order chi connectivity index (χ0) is 16.1. The molecule has 2 aliphatic heterocycles. The monoisotopic (exact) mass is 353 g/mol. The van der Waals surface area contributed by atoms with Gasteiger partial charge in [0.05, 0.1) is 19.3 Å². The van der Waals surface area contributed by atoms with Gasteiger partial charge in [-0.25, -0.2) is 4.79 Å². The maximum Gasteiger partial charge on any atom is 0.338 e. The highest BCUT2D eigenvalue weighted by Crippen LogP contribution is 2.32. The summed E-state index contributed by atoms with van der Waals surface area (Å²) in [6.07, 6.45) is 7.56. The Morgan fingerprint density at radius 2 is 1.88 bits per heavy atom. The Hall–Kier alpha value is -1.26. The summed E-state index contributed by atoms with van der Waals surface area (Å²) in [5, 5.41) is 0. The maximum atomic E-state index is 12.1. The number of ether oxygens (including phenoxy) is 2. The Kier molecular flexibility index (Phi) is 7.38. The molecule has 0 aromatic heterocycles. The van der Waals surface area contributed by atoms with E-state index in [1.54, 1.807) is 31.4 Å². The molecule has 2 saturated heterocycles. The summed E-state index contributed by atoms with van der Waals surface area (Å²) >= 11 is 0. The highest BCUT2D eigenvalue weighted by atomic mass is 35.5. The molecule has 2 atom stereocenters. The second-order valence-electron chi connectivity index (χ2n) is 6.65. The average molecular weight is 354 g/mol. The number of carbonyl (C=O) groups is 1. The molecule has 3 rings (SSSR count). The number of esters is 1. The van der Waals surface area contributed by atoms with E-state index in [2.05, 4.69) is 4.90 Å². The third-order valence-electron chi connectivity index (χ3n) is 5.28. The van der Waals surface area contributed by atoms with Crippen molar-refractivity contribution in [3.8, 4) is 5.75 Å². The molecule has 2 aliphatic rings. The Bertz CT molecular complexity index is 518. The summed E-state index contributed by atoms with van der Waals surface area (Å²) in [5.41, 5.74) is 0.591. The van der Waals surface area contributed by atoms with Crippen molar-refractivity contribution in [1.29, 1.82) is 0 Å². The Morgan fingerprint density at radius 1 is 1.12 bits per heavy atom. The molecule has 134 valence electrons. The topological polar surface area (TPSA) is 38.8 Å². The van der Waals surface area contributed by atoms with Gasteiger partial charge >= 0.3 is 5.97 Å². The molecular weight excluding hydrogens is 326 g/mol.